The maximum atomic E-state index is 2.56. The lowest BCUT2D eigenvalue weighted by atomic mass is 9.26. The number of nitrogens with zero attached hydrogens (tertiary/aromatic N) is 2. The van der Waals surface area contributed by atoms with E-state index in [1.165, 1.54) is 132 Å². The number of rotatable bonds is 5. The van der Waals surface area contributed by atoms with E-state index in [2.05, 4.69) is 252 Å². The zero-order valence-electron chi connectivity index (χ0n) is 38.1. The SMILES string of the molecule is c1ccc(-c2ccc(-c3ccccc3)c(-c3c4cccc5c4c4c6c(cc7ccccc7c36)B3c6ccccc6N(c6ccccc6)c6cc7c(c-4c63)B5c3ccccc3N7c3ccccc3)c2)cc1. The summed E-state index contributed by atoms with van der Waals surface area (Å²) < 4.78 is 0. The third-order valence-corrected chi connectivity index (χ3v) is 16.0. The van der Waals surface area contributed by atoms with Crippen molar-refractivity contribution in [3.05, 3.63) is 243 Å². The molecule has 0 amide bonds. The number of para-hydroxylation sites is 4. The fourth-order valence-corrected chi connectivity index (χ4v) is 13.4. The Balaban J connectivity index is 1.16. The summed E-state index contributed by atoms with van der Waals surface area (Å²) >= 11 is 0. The second-order valence-electron chi connectivity index (χ2n) is 19.4. The second-order valence-corrected chi connectivity index (χ2v) is 19.4. The lowest BCUT2D eigenvalue weighted by Crippen LogP contribution is -2.66. The molecule has 0 saturated carbocycles. The minimum absolute atomic E-state index is 0.00205. The van der Waals surface area contributed by atoms with E-state index in [0.717, 1.165) is 11.4 Å². The van der Waals surface area contributed by atoms with Crippen LogP contribution in [0.1, 0.15) is 0 Å². The average Bonchev–Trinajstić information content (AvgIpc) is 3.43. The Morgan fingerprint density at radius 2 is 0.800 bits per heavy atom. The fourth-order valence-electron chi connectivity index (χ4n) is 13.4. The molecule has 12 aromatic rings. The van der Waals surface area contributed by atoms with Gasteiger partial charge in [-0.1, -0.05) is 205 Å². The van der Waals surface area contributed by atoms with Gasteiger partial charge in [-0.15, -0.1) is 0 Å². The van der Waals surface area contributed by atoms with Gasteiger partial charge in [0.2, 0.25) is 13.4 Å². The quantitative estimate of drug-likeness (QED) is 0.0965. The number of benzene rings is 12. The Morgan fingerprint density at radius 3 is 1.46 bits per heavy atom. The first-order chi connectivity index (χ1) is 34.8. The van der Waals surface area contributed by atoms with E-state index in [1.54, 1.807) is 0 Å². The van der Waals surface area contributed by atoms with Gasteiger partial charge in [0.25, 0.3) is 0 Å². The monoisotopic (exact) mass is 882 g/mol. The molecule has 0 N–H and O–H groups in total. The lowest BCUT2D eigenvalue weighted by Gasteiger charge is -2.47. The summed E-state index contributed by atoms with van der Waals surface area (Å²) in [6.07, 6.45) is 0. The van der Waals surface area contributed by atoms with Crippen LogP contribution in [-0.2, 0) is 0 Å². The van der Waals surface area contributed by atoms with Crippen molar-refractivity contribution in [2.45, 2.75) is 0 Å². The molecule has 0 aromatic heterocycles. The minimum atomic E-state index is -0.0196. The van der Waals surface area contributed by atoms with Gasteiger partial charge < -0.3 is 9.80 Å². The summed E-state index contributed by atoms with van der Waals surface area (Å²) in [6, 6.07) is 91.3. The maximum Gasteiger partial charge on any atom is 0.248 e. The van der Waals surface area contributed by atoms with Gasteiger partial charge in [0.05, 0.1) is 0 Å². The minimum Gasteiger partial charge on any atom is -0.311 e. The van der Waals surface area contributed by atoms with Crippen LogP contribution in [0.2, 0.25) is 0 Å². The Hall–Kier alpha value is -8.85. The number of hydrogen-bond acceptors (Lipinski definition) is 2. The molecule has 16 rings (SSSR count). The molecule has 2 nitrogen and oxygen atoms in total. The summed E-state index contributed by atoms with van der Waals surface area (Å²) in [7, 11) is 0. The number of hydrogen-bond donors (Lipinski definition) is 0. The molecule has 0 radical (unpaired) electrons. The van der Waals surface area contributed by atoms with Gasteiger partial charge >= 0.3 is 0 Å². The van der Waals surface area contributed by atoms with Gasteiger partial charge in [-0.25, -0.2) is 0 Å². The van der Waals surface area contributed by atoms with E-state index < -0.39 is 0 Å². The summed E-state index contributed by atoms with van der Waals surface area (Å²) in [6.45, 7) is -0.0175. The van der Waals surface area contributed by atoms with Crippen LogP contribution in [0.15, 0.2) is 243 Å². The van der Waals surface area contributed by atoms with Crippen LogP contribution in [0.5, 0.6) is 0 Å². The molecule has 0 spiro atoms. The fraction of sp³-hybridized carbons (Fsp3) is 0. The molecule has 4 aliphatic rings. The van der Waals surface area contributed by atoms with Crippen molar-refractivity contribution in [3.8, 4) is 44.5 Å². The zero-order valence-corrected chi connectivity index (χ0v) is 38.1. The largest absolute Gasteiger partial charge is 0.311 e. The van der Waals surface area contributed by atoms with Crippen molar-refractivity contribution in [1.29, 1.82) is 0 Å². The van der Waals surface area contributed by atoms with Gasteiger partial charge in [0, 0.05) is 34.1 Å². The van der Waals surface area contributed by atoms with Crippen LogP contribution in [-0.4, -0.2) is 13.4 Å². The van der Waals surface area contributed by atoms with E-state index in [-0.39, 0.29) is 13.4 Å². The molecular formula is C66H40B2N2. The van der Waals surface area contributed by atoms with Gasteiger partial charge in [-0.3, -0.25) is 0 Å². The normalized spacial score (nSPS) is 13.3. The van der Waals surface area contributed by atoms with E-state index in [1.807, 2.05) is 0 Å². The van der Waals surface area contributed by atoms with Crippen molar-refractivity contribution < 1.29 is 0 Å². The number of anilines is 6. The Bertz CT molecular complexity index is 4190. The maximum absolute atomic E-state index is 2.56. The highest BCUT2D eigenvalue weighted by Gasteiger charge is 2.50. The van der Waals surface area contributed by atoms with Crippen LogP contribution in [0.25, 0.3) is 76.8 Å². The van der Waals surface area contributed by atoms with E-state index in [0.29, 0.717) is 0 Å². The first-order valence-corrected chi connectivity index (χ1v) is 24.6. The molecule has 0 saturated heterocycles. The first-order valence-electron chi connectivity index (χ1n) is 24.6. The Morgan fingerprint density at radius 1 is 0.271 bits per heavy atom. The van der Waals surface area contributed by atoms with Gasteiger partial charge in [0.1, 0.15) is 0 Å². The average molecular weight is 883 g/mol. The van der Waals surface area contributed by atoms with Crippen LogP contribution in [0, 0.1) is 0 Å². The third kappa shape index (κ3) is 5.04. The molecule has 0 unspecified atom stereocenters. The Kier molecular flexibility index (Phi) is 7.81. The molecular weight excluding hydrogens is 842 g/mol. The summed E-state index contributed by atoms with van der Waals surface area (Å²) in [5.74, 6) is 0. The molecule has 0 aliphatic carbocycles. The summed E-state index contributed by atoms with van der Waals surface area (Å²) in [5.41, 5.74) is 25.7. The predicted molar refractivity (Wildman–Crippen MR) is 299 cm³/mol. The molecule has 4 heteroatoms. The van der Waals surface area contributed by atoms with Gasteiger partial charge in [-0.05, 0) is 147 Å². The van der Waals surface area contributed by atoms with E-state index >= 15 is 0 Å². The van der Waals surface area contributed by atoms with Crippen LogP contribution in [0.3, 0.4) is 0 Å². The summed E-state index contributed by atoms with van der Waals surface area (Å²) in [4.78, 5) is 5.12. The van der Waals surface area contributed by atoms with Crippen LogP contribution < -0.4 is 42.6 Å². The molecule has 70 heavy (non-hydrogen) atoms. The first kappa shape index (κ1) is 38.2. The Labute approximate surface area is 407 Å². The molecule has 0 bridgehead atoms. The highest BCUT2D eigenvalue weighted by atomic mass is 15.2. The molecule has 12 aromatic carbocycles. The van der Waals surface area contributed by atoms with Gasteiger partial charge in [-0.2, -0.15) is 0 Å². The molecule has 0 atom stereocenters. The van der Waals surface area contributed by atoms with E-state index in [4.69, 9.17) is 0 Å². The highest BCUT2D eigenvalue weighted by molar-refractivity contribution is 7.05. The standard InChI is InChI=1S/C66H40B2N2/c1-5-20-41(21-6-1)43-36-37-47(42-22-7-2-8-23-42)50(38-43)59-49-30-19-33-53-60(49)63-62-54(39-44-24-13-14-29-48(44)61(59)62)68-52-32-16-18-35-56(52)70(46-27-11-4-12-28-46)58-40-57-65(64(63)66(58)68)67(53)51-31-15-17-34-55(51)69(57)45-25-9-3-10-26-45/h1-40H. The molecule has 320 valence electrons. The smallest absolute Gasteiger partial charge is 0.248 e. The third-order valence-electron chi connectivity index (χ3n) is 16.0. The molecule has 4 aliphatic heterocycles. The predicted octanol–water partition coefficient (Wildman–Crippen LogP) is 13.0. The lowest BCUT2D eigenvalue weighted by molar-refractivity contribution is 1.26. The van der Waals surface area contributed by atoms with E-state index in [9.17, 15) is 0 Å². The van der Waals surface area contributed by atoms with Gasteiger partial charge in [0.15, 0.2) is 0 Å². The summed E-state index contributed by atoms with van der Waals surface area (Å²) in [5, 5.41) is 7.92. The topological polar surface area (TPSA) is 6.48 Å². The number of fused-ring (bicyclic) bond motifs is 8. The molecule has 4 heterocycles. The van der Waals surface area contributed by atoms with Crippen molar-refractivity contribution in [1.82, 2.24) is 0 Å². The van der Waals surface area contributed by atoms with Crippen molar-refractivity contribution >= 4 is 113 Å². The zero-order chi connectivity index (χ0) is 45.6. The van der Waals surface area contributed by atoms with Crippen molar-refractivity contribution in [3.63, 3.8) is 0 Å². The van der Waals surface area contributed by atoms with Crippen molar-refractivity contribution in [2.75, 3.05) is 9.80 Å². The molecule has 0 fully saturated rings. The second kappa shape index (κ2) is 14.3. The van der Waals surface area contributed by atoms with Crippen LogP contribution in [0.4, 0.5) is 34.1 Å². The van der Waals surface area contributed by atoms with Crippen LogP contribution >= 0.6 is 0 Å². The highest BCUT2D eigenvalue weighted by Crippen LogP contribution is 2.54. The van der Waals surface area contributed by atoms with Crippen molar-refractivity contribution in [2.24, 2.45) is 0 Å².